The van der Waals surface area contributed by atoms with Gasteiger partial charge in [-0.05, 0) is 54.4 Å². The summed E-state index contributed by atoms with van der Waals surface area (Å²) in [5, 5.41) is 43.7. The Kier molecular flexibility index (Phi) is 19.8. The molecule has 1 heterocycles. The average molecular weight is 896 g/mol. The Bertz CT molecular complexity index is 2090. The van der Waals surface area contributed by atoms with Gasteiger partial charge < -0.3 is 52.1 Å². The van der Waals surface area contributed by atoms with Crippen LogP contribution in [-0.2, 0) is 59.2 Å². The first-order chi connectivity index (χ1) is 30.2. The second kappa shape index (κ2) is 24.6. The molecule has 1 saturated heterocycles. The first-order valence-corrected chi connectivity index (χ1v) is 21.0. The molecular formula is C43H57N7O14. The minimum absolute atomic E-state index is 0.0438. The highest BCUT2D eigenvalue weighted by atomic mass is 16.4. The third kappa shape index (κ3) is 15.8. The highest BCUT2D eigenvalue weighted by molar-refractivity contribution is 6.38. The van der Waals surface area contributed by atoms with Gasteiger partial charge in [-0.2, -0.15) is 0 Å². The molecule has 3 rings (SSSR count). The number of nitrogens with zero attached hydrogens (tertiary/aromatic N) is 1. The maximum absolute atomic E-state index is 14.4. The number of nitrogens with one attached hydrogen (secondary N) is 6. The summed E-state index contributed by atoms with van der Waals surface area (Å²) in [6.07, 6.45) is -1.15. The van der Waals surface area contributed by atoms with Gasteiger partial charge in [0.2, 0.25) is 41.2 Å². The van der Waals surface area contributed by atoms with Gasteiger partial charge in [-0.1, -0.05) is 69.7 Å². The van der Waals surface area contributed by atoms with E-state index in [4.69, 9.17) is 5.11 Å². The van der Waals surface area contributed by atoms with Crippen LogP contribution in [0.4, 0.5) is 0 Å². The van der Waals surface area contributed by atoms with Gasteiger partial charge in [0.15, 0.2) is 0 Å². The standard InChI is InChI=1S/C43H57N7O14/c1-5-9-28(37(58)42(63)44-22-35(56)57)46-41(62)32-12-8-19-50(32)43(64)36(23(2)3)49-40(61)31(21-25-13-14-26-10-6-7-11-27(26)20-25)48-39(60)30(16-18-34(54)55)47-38(59)29(45-24(4)51)15-17-33(52)53/h6-7,10-11,13-14,20,23,28-32,36H,5,8-9,12,15-19,21-22H2,1-4H3,(H,44,63)(H,45,51)(H,46,62)(H,47,59)(H,48,60)(H,49,61)(H,52,53)(H,54,55)(H,56,57)/t28?,29-,30-,31-,32-,36-/m0/s1. The molecule has 9 N–H and O–H groups in total. The molecule has 7 amide bonds. The van der Waals surface area contributed by atoms with Crippen LogP contribution in [0.3, 0.4) is 0 Å². The van der Waals surface area contributed by atoms with Crippen LogP contribution < -0.4 is 31.9 Å². The molecule has 1 fully saturated rings. The van der Waals surface area contributed by atoms with Crippen LogP contribution in [-0.4, -0.2) is 135 Å². The molecule has 0 bridgehead atoms. The molecule has 1 aliphatic rings. The minimum atomic E-state index is -1.59. The van der Waals surface area contributed by atoms with Gasteiger partial charge in [-0.3, -0.25) is 52.7 Å². The third-order valence-corrected chi connectivity index (χ3v) is 10.4. The minimum Gasteiger partial charge on any atom is -0.481 e. The zero-order valence-electron chi connectivity index (χ0n) is 36.1. The van der Waals surface area contributed by atoms with Crippen molar-refractivity contribution in [3.63, 3.8) is 0 Å². The normalized spacial score (nSPS) is 15.7. The van der Waals surface area contributed by atoms with E-state index < -0.39 is 133 Å². The molecule has 0 aliphatic carbocycles. The van der Waals surface area contributed by atoms with Crippen LogP contribution in [0.1, 0.15) is 84.6 Å². The average Bonchev–Trinajstić information content (AvgIpc) is 3.74. The number of hydrogen-bond acceptors (Lipinski definition) is 11. The van der Waals surface area contributed by atoms with Crippen molar-refractivity contribution in [2.24, 2.45) is 5.92 Å². The summed E-state index contributed by atoms with van der Waals surface area (Å²) in [7, 11) is 0. The Morgan fingerprint density at radius 3 is 1.83 bits per heavy atom. The Morgan fingerprint density at radius 1 is 0.688 bits per heavy atom. The fourth-order valence-electron chi connectivity index (χ4n) is 7.15. The lowest BCUT2D eigenvalue weighted by atomic mass is 9.98. The molecule has 1 unspecified atom stereocenters. The maximum atomic E-state index is 14.4. The van der Waals surface area contributed by atoms with Crippen molar-refractivity contribution in [1.29, 1.82) is 0 Å². The fraction of sp³-hybridized carbons (Fsp3) is 0.512. The van der Waals surface area contributed by atoms with Crippen molar-refractivity contribution in [1.82, 2.24) is 36.8 Å². The van der Waals surface area contributed by atoms with E-state index in [0.29, 0.717) is 18.4 Å². The number of carboxylic acids is 3. The first-order valence-electron chi connectivity index (χ1n) is 21.0. The summed E-state index contributed by atoms with van der Waals surface area (Å²) in [6, 6.07) is 4.54. The molecule has 6 atom stereocenters. The zero-order chi connectivity index (χ0) is 47.7. The topological polar surface area (TPSA) is 324 Å². The van der Waals surface area contributed by atoms with Gasteiger partial charge in [-0.25, -0.2) is 0 Å². The number of carboxylic acid groups (broad SMARTS) is 3. The summed E-state index contributed by atoms with van der Waals surface area (Å²) >= 11 is 0. The first kappa shape index (κ1) is 51.4. The molecule has 0 radical (unpaired) electrons. The lowest BCUT2D eigenvalue weighted by Gasteiger charge is -2.32. The van der Waals surface area contributed by atoms with E-state index in [1.807, 2.05) is 29.6 Å². The van der Waals surface area contributed by atoms with E-state index in [2.05, 4.69) is 26.6 Å². The molecule has 1 aliphatic heterocycles. The summed E-state index contributed by atoms with van der Waals surface area (Å²) in [4.78, 5) is 142. The lowest BCUT2D eigenvalue weighted by molar-refractivity contribution is -0.145. The predicted molar refractivity (Wildman–Crippen MR) is 227 cm³/mol. The van der Waals surface area contributed by atoms with Crippen molar-refractivity contribution >= 4 is 75.8 Å². The summed E-state index contributed by atoms with van der Waals surface area (Å²) < 4.78 is 0. The van der Waals surface area contributed by atoms with Gasteiger partial charge in [0, 0.05) is 32.7 Å². The number of hydrogen-bond donors (Lipinski definition) is 9. The Labute approximate surface area is 368 Å². The molecule has 0 spiro atoms. The smallest absolute Gasteiger partial charge is 0.322 e. The summed E-state index contributed by atoms with van der Waals surface area (Å²) in [5.41, 5.74) is 0.571. The number of aliphatic carboxylic acids is 3. The number of rotatable bonds is 25. The number of likely N-dealkylation sites (tertiary alicyclic amines) is 1. The second-order valence-electron chi connectivity index (χ2n) is 15.8. The third-order valence-electron chi connectivity index (χ3n) is 10.4. The van der Waals surface area contributed by atoms with Gasteiger partial charge in [-0.15, -0.1) is 0 Å². The molecule has 0 saturated carbocycles. The van der Waals surface area contributed by atoms with Gasteiger partial charge >= 0.3 is 17.9 Å². The number of fused-ring (bicyclic) bond motifs is 1. The highest BCUT2D eigenvalue weighted by Gasteiger charge is 2.41. The zero-order valence-corrected chi connectivity index (χ0v) is 36.1. The molecule has 348 valence electrons. The number of benzene rings is 2. The van der Waals surface area contributed by atoms with Gasteiger partial charge in [0.1, 0.15) is 36.8 Å². The Balaban J connectivity index is 1.92. The van der Waals surface area contributed by atoms with E-state index >= 15 is 0 Å². The van der Waals surface area contributed by atoms with Gasteiger partial charge in [0.05, 0.1) is 6.04 Å². The van der Waals surface area contributed by atoms with Crippen LogP contribution in [0.25, 0.3) is 10.8 Å². The van der Waals surface area contributed by atoms with Gasteiger partial charge in [0.25, 0.3) is 5.91 Å². The molecule has 21 heteroatoms. The van der Waals surface area contributed by atoms with E-state index in [1.54, 1.807) is 39.0 Å². The predicted octanol–water partition coefficient (Wildman–Crippen LogP) is -0.227. The summed E-state index contributed by atoms with van der Waals surface area (Å²) in [6.45, 7) is 5.38. The van der Waals surface area contributed by atoms with Crippen molar-refractivity contribution < 1.29 is 68.1 Å². The largest absolute Gasteiger partial charge is 0.481 e. The number of ketones is 1. The van der Waals surface area contributed by atoms with Crippen molar-refractivity contribution in [2.45, 2.75) is 122 Å². The SMILES string of the molecule is CCCC(NC(=O)[C@@H]1CCCN1C(=O)[C@@H](NC(=O)[C@H](Cc1ccc2ccccc2c1)NC(=O)[C@H](CCC(=O)O)NC(=O)[C@H](CCC(=O)O)NC(C)=O)C(C)C)C(=O)C(=O)NCC(=O)O. The monoisotopic (exact) mass is 895 g/mol. The molecule has 21 nitrogen and oxygen atoms in total. The van der Waals surface area contributed by atoms with Crippen molar-refractivity contribution in [3.05, 3.63) is 48.0 Å². The molecule has 0 aromatic heterocycles. The molecule has 64 heavy (non-hydrogen) atoms. The molecule has 2 aromatic carbocycles. The van der Waals surface area contributed by atoms with Crippen LogP contribution >= 0.6 is 0 Å². The van der Waals surface area contributed by atoms with Crippen LogP contribution in [0.15, 0.2) is 42.5 Å². The highest BCUT2D eigenvalue weighted by Crippen LogP contribution is 2.22. The Hall–Kier alpha value is -6.93. The van der Waals surface area contributed by atoms with Crippen LogP contribution in [0.5, 0.6) is 0 Å². The molecular weight excluding hydrogens is 839 g/mol. The van der Waals surface area contributed by atoms with Crippen molar-refractivity contribution in [2.75, 3.05) is 13.1 Å². The van der Waals surface area contributed by atoms with Crippen molar-refractivity contribution in [3.8, 4) is 0 Å². The quantitative estimate of drug-likeness (QED) is 0.0582. The fourth-order valence-corrected chi connectivity index (χ4v) is 7.15. The van der Waals surface area contributed by atoms with E-state index in [-0.39, 0.29) is 32.2 Å². The number of amides is 7. The summed E-state index contributed by atoms with van der Waals surface area (Å²) in [5.74, 6) is -11.7. The van der Waals surface area contributed by atoms with E-state index in [1.165, 1.54) is 4.90 Å². The second-order valence-corrected chi connectivity index (χ2v) is 15.8. The number of Topliss-reactive ketones (excluding diaryl/α,β-unsaturated/α-hetero) is 1. The van der Waals surface area contributed by atoms with E-state index in [9.17, 15) is 63.0 Å². The number of carbonyl (C=O) groups is 11. The molecule has 2 aromatic rings. The van der Waals surface area contributed by atoms with E-state index in [0.717, 1.165) is 17.7 Å². The van der Waals surface area contributed by atoms with Crippen LogP contribution in [0.2, 0.25) is 0 Å². The van der Waals surface area contributed by atoms with Crippen LogP contribution in [0, 0.1) is 5.92 Å². The number of carbonyl (C=O) groups excluding carboxylic acids is 8. The maximum Gasteiger partial charge on any atom is 0.322 e. The Morgan fingerprint density at radius 2 is 1.27 bits per heavy atom. The lowest BCUT2D eigenvalue weighted by Crippen LogP contribution is -2.60.